The van der Waals surface area contributed by atoms with Gasteiger partial charge in [0.05, 0.1) is 0 Å². The molecular formula is C12H21N3OS. The Hall–Kier alpha value is -0.940. The maximum absolute atomic E-state index is 11.7. The Morgan fingerprint density at radius 2 is 2.29 bits per heavy atom. The van der Waals surface area contributed by atoms with E-state index in [2.05, 4.69) is 24.1 Å². The molecule has 17 heavy (non-hydrogen) atoms. The Labute approximate surface area is 107 Å². The molecule has 0 aliphatic heterocycles. The molecule has 1 aromatic heterocycles. The fourth-order valence-corrected chi connectivity index (χ4v) is 2.13. The lowest BCUT2D eigenvalue weighted by atomic mass is 10.1. The summed E-state index contributed by atoms with van der Waals surface area (Å²) in [5.41, 5.74) is 5.93. The highest BCUT2D eigenvalue weighted by Crippen LogP contribution is 2.09. The van der Waals surface area contributed by atoms with Crippen molar-refractivity contribution in [1.29, 1.82) is 0 Å². The number of rotatable bonds is 7. The van der Waals surface area contributed by atoms with Gasteiger partial charge in [0.15, 0.2) is 0 Å². The van der Waals surface area contributed by atoms with Crippen LogP contribution in [0.1, 0.15) is 48.6 Å². The first-order valence-electron chi connectivity index (χ1n) is 6.06. The molecule has 0 bridgehead atoms. The van der Waals surface area contributed by atoms with E-state index in [0.717, 1.165) is 30.3 Å². The number of nitrogens with two attached hydrogens (primary N) is 1. The number of hydrogen-bond acceptors (Lipinski definition) is 4. The Balaban J connectivity index is 2.21. The van der Waals surface area contributed by atoms with Gasteiger partial charge in [-0.25, -0.2) is 4.98 Å². The van der Waals surface area contributed by atoms with Crippen molar-refractivity contribution in [2.45, 2.75) is 39.7 Å². The molecule has 0 aromatic carbocycles. The van der Waals surface area contributed by atoms with Crippen molar-refractivity contribution in [2.24, 2.45) is 11.7 Å². The molecule has 0 spiro atoms. The smallest absolute Gasteiger partial charge is 0.270 e. The van der Waals surface area contributed by atoms with E-state index in [1.807, 2.05) is 0 Å². The monoisotopic (exact) mass is 255 g/mol. The number of aromatic nitrogens is 1. The van der Waals surface area contributed by atoms with Crippen LogP contribution in [0.25, 0.3) is 0 Å². The second kappa shape index (κ2) is 7.40. The maximum Gasteiger partial charge on any atom is 0.270 e. The Morgan fingerprint density at radius 3 is 2.88 bits per heavy atom. The second-order valence-electron chi connectivity index (χ2n) is 4.48. The van der Waals surface area contributed by atoms with Gasteiger partial charge in [-0.3, -0.25) is 4.79 Å². The summed E-state index contributed by atoms with van der Waals surface area (Å²) in [5, 5.41) is 5.43. The van der Waals surface area contributed by atoms with Crippen molar-refractivity contribution in [2.75, 3.05) is 6.54 Å². The van der Waals surface area contributed by atoms with Crippen LogP contribution < -0.4 is 11.1 Å². The molecule has 0 radical (unpaired) electrons. The first kappa shape index (κ1) is 14.1. The van der Waals surface area contributed by atoms with Gasteiger partial charge in [-0.2, -0.15) is 0 Å². The normalized spacial score (nSPS) is 10.8. The Morgan fingerprint density at radius 1 is 1.53 bits per heavy atom. The zero-order chi connectivity index (χ0) is 12.7. The minimum atomic E-state index is -0.0921. The van der Waals surface area contributed by atoms with E-state index in [0.29, 0.717) is 12.2 Å². The fraction of sp³-hybridized carbons (Fsp3) is 0.667. The molecular weight excluding hydrogens is 234 g/mol. The number of amides is 1. The third-order valence-corrected chi connectivity index (χ3v) is 3.32. The summed E-state index contributed by atoms with van der Waals surface area (Å²) in [4.78, 5) is 15.8. The first-order chi connectivity index (χ1) is 8.13. The van der Waals surface area contributed by atoms with Gasteiger partial charge in [0, 0.05) is 18.5 Å². The molecule has 1 rings (SSSR count). The molecule has 1 aromatic rings. The number of thiazole rings is 1. The number of unbranched alkanes of at least 4 members (excludes halogenated alkanes) is 1. The van der Waals surface area contributed by atoms with Gasteiger partial charge >= 0.3 is 0 Å². The molecule has 1 heterocycles. The summed E-state index contributed by atoms with van der Waals surface area (Å²) in [6.45, 7) is 5.54. The SMILES string of the molecule is CC(C)CCCCNC(=O)c1csc(CN)n1. The topological polar surface area (TPSA) is 68.0 Å². The van der Waals surface area contributed by atoms with Gasteiger partial charge in [0.1, 0.15) is 10.7 Å². The third kappa shape index (κ3) is 5.28. The van der Waals surface area contributed by atoms with Crippen LogP contribution in [-0.4, -0.2) is 17.4 Å². The van der Waals surface area contributed by atoms with E-state index in [1.165, 1.54) is 17.8 Å². The summed E-state index contributed by atoms with van der Waals surface area (Å²) < 4.78 is 0. The lowest BCUT2D eigenvalue weighted by Crippen LogP contribution is -2.24. The van der Waals surface area contributed by atoms with Crippen molar-refractivity contribution >= 4 is 17.2 Å². The number of nitrogens with one attached hydrogen (secondary N) is 1. The summed E-state index contributed by atoms with van der Waals surface area (Å²) >= 11 is 1.43. The highest BCUT2D eigenvalue weighted by Gasteiger charge is 2.08. The zero-order valence-electron chi connectivity index (χ0n) is 10.5. The predicted molar refractivity (Wildman–Crippen MR) is 71.0 cm³/mol. The van der Waals surface area contributed by atoms with Gasteiger partial charge < -0.3 is 11.1 Å². The van der Waals surface area contributed by atoms with E-state index in [1.54, 1.807) is 5.38 Å². The van der Waals surface area contributed by atoms with Crippen LogP contribution in [0.5, 0.6) is 0 Å². The summed E-state index contributed by atoms with van der Waals surface area (Å²) in [7, 11) is 0. The average molecular weight is 255 g/mol. The van der Waals surface area contributed by atoms with Crippen LogP contribution in [0.3, 0.4) is 0 Å². The summed E-state index contributed by atoms with van der Waals surface area (Å²) in [5.74, 6) is 0.641. The molecule has 0 unspecified atom stereocenters. The van der Waals surface area contributed by atoms with E-state index >= 15 is 0 Å². The maximum atomic E-state index is 11.7. The fourth-order valence-electron chi connectivity index (χ4n) is 1.48. The average Bonchev–Trinajstić information content (AvgIpc) is 2.76. The molecule has 1 amide bonds. The largest absolute Gasteiger partial charge is 0.351 e. The van der Waals surface area contributed by atoms with Crippen molar-refractivity contribution in [3.8, 4) is 0 Å². The van der Waals surface area contributed by atoms with Crippen LogP contribution in [0, 0.1) is 5.92 Å². The molecule has 0 aliphatic carbocycles. The van der Waals surface area contributed by atoms with Gasteiger partial charge in [-0.15, -0.1) is 11.3 Å². The van der Waals surface area contributed by atoms with E-state index in [9.17, 15) is 4.79 Å². The summed E-state index contributed by atoms with van der Waals surface area (Å²) in [6, 6.07) is 0. The zero-order valence-corrected chi connectivity index (χ0v) is 11.3. The standard InChI is InChI=1S/C12H21N3OS/c1-9(2)5-3-4-6-14-12(16)10-8-17-11(7-13)15-10/h8-9H,3-7,13H2,1-2H3,(H,14,16). The number of hydrogen-bond donors (Lipinski definition) is 2. The van der Waals surface area contributed by atoms with E-state index in [4.69, 9.17) is 5.73 Å². The van der Waals surface area contributed by atoms with Gasteiger partial charge in [0.2, 0.25) is 0 Å². The minimum absolute atomic E-state index is 0.0921. The second-order valence-corrected chi connectivity index (χ2v) is 5.42. The number of carbonyl (C=O) groups is 1. The lowest BCUT2D eigenvalue weighted by molar-refractivity contribution is 0.0948. The highest BCUT2D eigenvalue weighted by molar-refractivity contribution is 7.09. The molecule has 5 heteroatoms. The minimum Gasteiger partial charge on any atom is -0.351 e. The predicted octanol–water partition coefficient (Wildman–Crippen LogP) is 2.16. The molecule has 3 N–H and O–H groups in total. The third-order valence-electron chi connectivity index (χ3n) is 2.45. The molecule has 0 aliphatic rings. The summed E-state index contributed by atoms with van der Waals surface area (Å²) in [6.07, 6.45) is 3.39. The van der Waals surface area contributed by atoms with Crippen molar-refractivity contribution in [3.05, 3.63) is 16.1 Å². The molecule has 0 saturated carbocycles. The van der Waals surface area contributed by atoms with Crippen LogP contribution in [0.15, 0.2) is 5.38 Å². The van der Waals surface area contributed by atoms with Crippen LogP contribution >= 0.6 is 11.3 Å². The van der Waals surface area contributed by atoms with Crippen molar-refractivity contribution in [3.63, 3.8) is 0 Å². The Bertz CT molecular complexity index is 349. The van der Waals surface area contributed by atoms with Gasteiger partial charge in [-0.1, -0.05) is 26.7 Å². The Kier molecular flexibility index (Phi) is 6.15. The highest BCUT2D eigenvalue weighted by atomic mass is 32.1. The van der Waals surface area contributed by atoms with Crippen LogP contribution in [-0.2, 0) is 6.54 Å². The van der Waals surface area contributed by atoms with E-state index in [-0.39, 0.29) is 5.91 Å². The first-order valence-corrected chi connectivity index (χ1v) is 6.94. The molecule has 0 atom stereocenters. The lowest BCUT2D eigenvalue weighted by Gasteiger charge is -2.05. The quantitative estimate of drug-likeness (QED) is 0.734. The van der Waals surface area contributed by atoms with Crippen LogP contribution in [0.2, 0.25) is 0 Å². The molecule has 0 fully saturated rings. The van der Waals surface area contributed by atoms with Crippen molar-refractivity contribution in [1.82, 2.24) is 10.3 Å². The van der Waals surface area contributed by atoms with Gasteiger partial charge in [0.25, 0.3) is 5.91 Å². The number of nitrogens with zero attached hydrogens (tertiary/aromatic N) is 1. The van der Waals surface area contributed by atoms with Crippen LogP contribution in [0.4, 0.5) is 0 Å². The molecule has 96 valence electrons. The van der Waals surface area contributed by atoms with E-state index < -0.39 is 0 Å². The molecule has 4 nitrogen and oxygen atoms in total. The van der Waals surface area contributed by atoms with Gasteiger partial charge in [-0.05, 0) is 12.3 Å². The molecule has 0 saturated heterocycles. The van der Waals surface area contributed by atoms with Crippen molar-refractivity contribution < 1.29 is 4.79 Å². The number of carbonyl (C=O) groups excluding carboxylic acids is 1.